The fourth-order valence-electron chi connectivity index (χ4n) is 3.09. The Morgan fingerprint density at radius 2 is 2.19 bits per heavy atom. The summed E-state index contributed by atoms with van der Waals surface area (Å²) in [6, 6.07) is 3.58. The zero-order chi connectivity index (χ0) is 19.8. The molecule has 1 aliphatic rings. The lowest BCUT2D eigenvalue weighted by atomic mass is 10.1. The highest BCUT2D eigenvalue weighted by Crippen LogP contribution is 2.33. The van der Waals surface area contributed by atoms with Crippen molar-refractivity contribution < 1.29 is 19.0 Å². The quantitative estimate of drug-likeness (QED) is 0.682. The Morgan fingerprint density at radius 1 is 1.48 bits per heavy atom. The molecular weight excluding hydrogens is 352 g/mol. The maximum Gasteiger partial charge on any atom is 0.508 e. The molecule has 2 rings (SSSR count). The summed E-state index contributed by atoms with van der Waals surface area (Å²) in [6.07, 6.45) is 2.98. The highest BCUT2D eigenvalue weighted by molar-refractivity contribution is 5.60. The molecule has 0 bridgehead atoms. The summed E-state index contributed by atoms with van der Waals surface area (Å²) >= 11 is 0. The van der Waals surface area contributed by atoms with E-state index in [1.807, 2.05) is 13.8 Å². The van der Waals surface area contributed by atoms with Crippen LogP contribution < -0.4 is 11.4 Å². The van der Waals surface area contributed by atoms with E-state index in [1.165, 1.54) is 16.8 Å². The predicted molar refractivity (Wildman–Crippen MR) is 96.6 cm³/mol. The van der Waals surface area contributed by atoms with Gasteiger partial charge in [0.15, 0.2) is 6.23 Å². The van der Waals surface area contributed by atoms with E-state index in [0.717, 1.165) is 25.7 Å². The summed E-state index contributed by atoms with van der Waals surface area (Å²) < 4.78 is 17.5. The smallest absolute Gasteiger partial charge is 0.432 e. The topological polar surface area (TPSA) is 129 Å². The number of ether oxygens (including phenoxy) is 3. The largest absolute Gasteiger partial charge is 0.508 e. The van der Waals surface area contributed by atoms with Gasteiger partial charge in [-0.2, -0.15) is 10.2 Å². The van der Waals surface area contributed by atoms with Gasteiger partial charge in [-0.05, 0) is 25.3 Å². The van der Waals surface area contributed by atoms with Gasteiger partial charge in [0, 0.05) is 6.20 Å². The molecule has 3 atom stereocenters. The molecule has 0 radical (unpaired) electrons. The van der Waals surface area contributed by atoms with Crippen LogP contribution in [-0.4, -0.2) is 34.5 Å². The van der Waals surface area contributed by atoms with Gasteiger partial charge in [0.05, 0.1) is 18.1 Å². The monoisotopic (exact) mass is 378 g/mol. The number of rotatable bonds is 8. The second-order valence-corrected chi connectivity index (χ2v) is 6.54. The molecule has 3 unspecified atom stereocenters. The first-order chi connectivity index (χ1) is 13.0. The summed E-state index contributed by atoms with van der Waals surface area (Å²) in [6.45, 7) is 4.01. The van der Waals surface area contributed by atoms with Crippen LogP contribution in [0.5, 0.6) is 0 Å². The summed E-state index contributed by atoms with van der Waals surface area (Å²) in [5, 5.41) is 9.35. The number of nitrogen functional groups attached to an aromatic ring is 1. The number of anilines is 1. The van der Waals surface area contributed by atoms with Crippen LogP contribution >= 0.6 is 0 Å². The molecular formula is C18H26N4O5. The zero-order valence-corrected chi connectivity index (χ0v) is 15.7. The third kappa shape index (κ3) is 5.69. The molecule has 0 spiro atoms. The molecule has 2 heterocycles. The van der Waals surface area contributed by atoms with Gasteiger partial charge in [0.1, 0.15) is 18.5 Å². The second kappa shape index (κ2) is 9.92. The summed E-state index contributed by atoms with van der Waals surface area (Å²) in [5.41, 5.74) is 4.89. The number of hydrogen-bond acceptors (Lipinski definition) is 8. The Hall–Kier alpha value is -2.60. The van der Waals surface area contributed by atoms with E-state index in [2.05, 4.69) is 11.1 Å². The minimum atomic E-state index is -0.798. The van der Waals surface area contributed by atoms with Crippen LogP contribution in [0.1, 0.15) is 52.2 Å². The van der Waals surface area contributed by atoms with Crippen molar-refractivity contribution in [1.82, 2.24) is 9.55 Å². The maximum absolute atomic E-state index is 12.0. The average Bonchev–Trinajstić information content (AvgIpc) is 3.03. The molecule has 0 aliphatic carbocycles. The van der Waals surface area contributed by atoms with E-state index in [4.69, 9.17) is 19.9 Å². The van der Waals surface area contributed by atoms with Crippen LogP contribution in [-0.2, 0) is 14.2 Å². The van der Waals surface area contributed by atoms with Crippen LogP contribution in [0.3, 0.4) is 0 Å². The maximum atomic E-state index is 12.0. The first kappa shape index (κ1) is 20.7. The first-order valence-electron chi connectivity index (χ1n) is 9.21. The lowest BCUT2D eigenvalue weighted by molar-refractivity contribution is -0.0503. The fourth-order valence-corrected chi connectivity index (χ4v) is 3.09. The van der Waals surface area contributed by atoms with Gasteiger partial charge < -0.3 is 19.9 Å². The van der Waals surface area contributed by atoms with Gasteiger partial charge in [0.2, 0.25) is 0 Å². The van der Waals surface area contributed by atoms with E-state index in [0.29, 0.717) is 6.42 Å². The summed E-state index contributed by atoms with van der Waals surface area (Å²) in [7, 11) is 0. The first-order valence-corrected chi connectivity index (χ1v) is 9.21. The third-order valence-electron chi connectivity index (χ3n) is 4.36. The van der Waals surface area contributed by atoms with Crippen molar-refractivity contribution in [3.63, 3.8) is 0 Å². The van der Waals surface area contributed by atoms with Crippen molar-refractivity contribution in [2.24, 2.45) is 5.92 Å². The minimum Gasteiger partial charge on any atom is -0.432 e. The van der Waals surface area contributed by atoms with Gasteiger partial charge in [-0.3, -0.25) is 4.57 Å². The Morgan fingerprint density at radius 3 is 2.78 bits per heavy atom. The number of aromatic nitrogens is 2. The third-order valence-corrected chi connectivity index (χ3v) is 4.36. The molecule has 0 amide bonds. The Kier molecular flexibility index (Phi) is 7.61. The van der Waals surface area contributed by atoms with E-state index in [-0.39, 0.29) is 18.5 Å². The van der Waals surface area contributed by atoms with E-state index in [1.54, 1.807) is 0 Å². The second-order valence-electron chi connectivity index (χ2n) is 6.54. The number of carbonyl (C=O) groups is 1. The lowest BCUT2D eigenvalue weighted by Crippen LogP contribution is -2.30. The molecule has 2 N–H and O–H groups in total. The highest BCUT2D eigenvalue weighted by atomic mass is 16.7. The Balaban J connectivity index is 1.92. The number of nitrogens with two attached hydrogens (primary N) is 1. The van der Waals surface area contributed by atoms with Crippen molar-refractivity contribution in [2.45, 2.75) is 64.4 Å². The molecule has 1 saturated heterocycles. The minimum absolute atomic E-state index is 0.0460. The zero-order valence-electron chi connectivity index (χ0n) is 15.7. The van der Waals surface area contributed by atoms with Crippen LogP contribution in [0, 0.1) is 17.2 Å². The van der Waals surface area contributed by atoms with E-state index >= 15 is 0 Å². The SMILES string of the molecule is CCCC(CCC)OC(=O)OCC1CC(C#N)C(n2ccc(N)nc2=O)O1. The van der Waals surface area contributed by atoms with Gasteiger partial charge >= 0.3 is 11.8 Å². The normalized spacial score (nSPS) is 21.8. The van der Waals surface area contributed by atoms with E-state index in [9.17, 15) is 14.9 Å². The van der Waals surface area contributed by atoms with Crippen LogP contribution in [0.4, 0.5) is 10.6 Å². The molecule has 0 saturated carbocycles. The number of hydrogen-bond donors (Lipinski definition) is 1. The molecule has 27 heavy (non-hydrogen) atoms. The molecule has 148 valence electrons. The summed E-state index contributed by atoms with van der Waals surface area (Å²) in [5.74, 6) is -0.468. The van der Waals surface area contributed by atoms with Crippen LogP contribution in [0.15, 0.2) is 17.1 Å². The Bertz CT molecular complexity index is 723. The molecule has 0 aromatic carbocycles. The predicted octanol–water partition coefficient (Wildman–Crippen LogP) is 2.37. The molecule has 9 nitrogen and oxygen atoms in total. The van der Waals surface area contributed by atoms with Gasteiger partial charge in [0.25, 0.3) is 0 Å². The fraction of sp³-hybridized carbons (Fsp3) is 0.667. The number of carbonyl (C=O) groups excluding carboxylic acids is 1. The molecule has 9 heteroatoms. The number of nitrogens with zero attached hydrogens (tertiary/aromatic N) is 3. The van der Waals surface area contributed by atoms with Crippen molar-refractivity contribution in [2.75, 3.05) is 12.3 Å². The van der Waals surface area contributed by atoms with Crippen LogP contribution in [0.25, 0.3) is 0 Å². The van der Waals surface area contributed by atoms with Crippen molar-refractivity contribution in [3.05, 3.63) is 22.7 Å². The van der Waals surface area contributed by atoms with Gasteiger partial charge in [-0.25, -0.2) is 9.59 Å². The van der Waals surface area contributed by atoms with Crippen molar-refractivity contribution in [3.8, 4) is 6.07 Å². The average molecular weight is 378 g/mol. The standard InChI is InChI=1S/C18H26N4O5/c1-3-5-13(6-4-2)27-18(24)25-11-14-9-12(10-19)16(26-14)22-8-7-15(20)21-17(22)23/h7-8,12-14,16H,3-6,9,11H2,1-2H3,(H2,20,21,23). The molecule has 1 fully saturated rings. The lowest BCUT2D eigenvalue weighted by Gasteiger charge is -2.18. The number of nitriles is 1. The molecule has 1 aromatic rings. The molecule has 1 aliphatic heterocycles. The summed E-state index contributed by atoms with van der Waals surface area (Å²) in [4.78, 5) is 27.5. The van der Waals surface area contributed by atoms with Crippen molar-refractivity contribution >= 4 is 12.0 Å². The molecule has 1 aromatic heterocycles. The van der Waals surface area contributed by atoms with Crippen molar-refractivity contribution in [1.29, 1.82) is 5.26 Å². The van der Waals surface area contributed by atoms with E-state index < -0.39 is 30.1 Å². The van der Waals surface area contributed by atoms with Gasteiger partial charge in [-0.15, -0.1) is 0 Å². The highest BCUT2D eigenvalue weighted by Gasteiger charge is 2.38. The Labute approximate surface area is 158 Å². The van der Waals surface area contributed by atoms with Gasteiger partial charge in [-0.1, -0.05) is 26.7 Å². The van der Waals surface area contributed by atoms with Crippen LogP contribution in [0.2, 0.25) is 0 Å².